The molecule has 1 aromatic carbocycles. The van der Waals surface area contributed by atoms with E-state index in [1.54, 1.807) is 0 Å². The highest BCUT2D eigenvalue weighted by molar-refractivity contribution is 6.30. The van der Waals surface area contributed by atoms with Crippen LogP contribution in [0.2, 0.25) is 5.02 Å². The zero-order chi connectivity index (χ0) is 13.5. The number of hydrogen-bond donors (Lipinski definition) is 1. The van der Waals surface area contributed by atoms with Gasteiger partial charge in [0, 0.05) is 17.6 Å². The molecule has 0 heterocycles. The van der Waals surface area contributed by atoms with E-state index in [-0.39, 0.29) is 6.42 Å². The average Bonchev–Trinajstić information content (AvgIpc) is 2.35. The largest absolute Gasteiger partial charge is 0.481 e. The Bertz CT molecular complexity index is 378. The molecule has 0 spiro atoms. The van der Waals surface area contributed by atoms with Gasteiger partial charge in [0.05, 0.1) is 6.42 Å². The Morgan fingerprint density at radius 3 is 2.50 bits per heavy atom. The number of halogens is 1. The maximum atomic E-state index is 10.6. The number of nitrogens with zero attached hydrogens (tertiary/aromatic N) is 1. The van der Waals surface area contributed by atoms with Crippen molar-refractivity contribution in [2.75, 3.05) is 13.6 Å². The van der Waals surface area contributed by atoms with Crippen LogP contribution in [0.4, 0.5) is 0 Å². The highest BCUT2D eigenvalue weighted by Gasteiger charge is 2.14. The summed E-state index contributed by atoms with van der Waals surface area (Å²) in [4.78, 5) is 12.7. The summed E-state index contributed by atoms with van der Waals surface area (Å²) in [6.07, 6.45) is 2.11. The molecule has 0 fully saturated rings. The van der Waals surface area contributed by atoms with Crippen molar-refractivity contribution in [3.05, 3.63) is 34.9 Å². The normalized spacial score (nSPS) is 12.7. The minimum absolute atomic E-state index is 0.188. The second-order valence-corrected chi connectivity index (χ2v) is 4.95. The van der Waals surface area contributed by atoms with Gasteiger partial charge in [-0.25, -0.2) is 0 Å². The fraction of sp³-hybridized carbons (Fsp3) is 0.500. The fourth-order valence-electron chi connectivity index (χ4n) is 1.96. The summed E-state index contributed by atoms with van der Waals surface area (Å²) >= 11 is 5.85. The minimum atomic E-state index is -0.747. The SMILES string of the molecule is CCC(Cc1ccc(Cl)cc1)N(C)CCC(=O)O. The molecular formula is C14H20ClNO2. The van der Waals surface area contributed by atoms with Gasteiger partial charge < -0.3 is 10.0 Å². The lowest BCUT2D eigenvalue weighted by molar-refractivity contribution is -0.137. The van der Waals surface area contributed by atoms with Gasteiger partial charge in [-0.2, -0.15) is 0 Å². The Balaban J connectivity index is 2.55. The molecule has 0 aliphatic heterocycles. The summed E-state index contributed by atoms with van der Waals surface area (Å²) in [7, 11) is 1.98. The number of carbonyl (C=O) groups is 1. The monoisotopic (exact) mass is 269 g/mol. The van der Waals surface area contributed by atoms with Crippen LogP contribution in [0.25, 0.3) is 0 Å². The van der Waals surface area contributed by atoms with Gasteiger partial charge in [0.1, 0.15) is 0 Å². The Hall–Kier alpha value is -1.06. The van der Waals surface area contributed by atoms with Gasteiger partial charge in [0.25, 0.3) is 0 Å². The molecule has 100 valence electrons. The van der Waals surface area contributed by atoms with E-state index in [9.17, 15) is 4.79 Å². The molecule has 0 saturated carbocycles. The molecule has 1 N–H and O–H groups in total. The summed E-state index contributed by atoms with van der Waals surface area (Å²) in [5, 5.41) is 9.44. The predicted molar refractivity (Wildman–Crippen MR) is 74.1 cm³/mol. The van der Waals surface area contributed by atoms with Crippen molar-refractivity contribution < 1.29 is 9.90 Å². The fourth-order valence-corrected chi connectivity index (χ4v) is 2.08. The molecule has 3 nitrogen and oxygen atoms in total. The van der Waals surface area contributed by atoms with Crippen LogP contribution in [0.15, 0.2) is 24.3 Å². The molecule has 0 radical (unpaired) electrons. The third kappa shape index (κ3) is 5.07. The molecule has 1 rings (SSSR count). The number of carboxylic acids is 1. The summed E-state index contributed by atoms with van der Waals surface area (Å²) in [6.45, 7) is 2.71. The van der Waals surface area contributed by atoms with E-state index in [1.807, 2.05) is 31.3 Å². The summed E-state index contributed by atoms with van der Waals surface area (Å²) in [5.74, 6) is -0.747. The van der Waals surface area contributed by atoms with Crippen molar-refractivity contribution in [3.63, 3.8) is 0 Å². The number of rotatable bonds is 7. The van der Waals surface area contributed by atoms with Crippen LogP contribution in [0.1, 0.15) is 25.3 Å². The molecule has 0 aliphatic rings. The molecule has 0 aromatic heterocycles. The highest BCUT2D eigenvalue weighted by Crippen LogP contribution is 2.14. The number of carboxylic acid groups (broad SMARTS) is 1. The third-order valence-corrected chi connectivity index (χ3v) is 3.41. The maximum Gasteiger partial charge on any atom is 0.304 e. The van der Waals surface area contributed by atoms with Crippen LogP contribution in [-0.4, -0.2) is 35.6 Å². The number of hydrogen-bond acceptors (Lipinski definition) is 2. The minimum Gasteiger partial charge on any atom is -0.481 e. The van der Waals surface area contributed by atoms with Crippen molar-refractivity contribution in [1.29, 1.82) is 0 Å². The molecule has 1 unspecified atom stereocenters. The van der Waals surface area contributed by atoms with Crippen LogP contribution in [-0.2, 0) is 11.2 Å². The first kappa shape index (κ1) is 15.0. The zero-order valence-corrected chi connectivity index (χ0v) is 11.7. The van der Waals surface area contributed by atoms with Gasteiger partial charge in [-0.1, -0.05) is 30.7 Å². The second-order valence-electron chi connectivity index (χ2n) is 4.52. The molecule has 0 amide bonds. The summed E-state index contributed by atoms with van der Waals surface area (Å²) < 4.78 is 0. The topological polar surface area (TPSA) is 40.5 Å². The smallest absolute Gasteiger partial charge is 0.304 e. The molecular weight excluding hydrogens is 250 g/mol. The lowest BCUT2D eigenvalue weighted by Gasteiger charge is -2.26. The van der Waals surface area contributed by atoms with Crippen molar-refractivity contribution in [3.8, 4) is 0 Å². The molecule has 0 saturated heterocycles. The lowest BCUT2D eigenvalue weighted by atomic mass is 10.0. The van der Waals surface area contributed by atoms with Crippen molar-refractivity contribution in [2.24, 2.45) is 0 Å². The molecule has 0 bridgehead atoms. The highest BCUT2D eigenvalue weighted by atomic mass is 35.5. The summed E-state index contributed by atoms with van der Waals surface area (Å²) in [6, 6.07) is 8.19. The van der Waals surface area contributed by atoms with Crippen LogP contribution in [0.3, 0.4) is 0 Å². The Labute approximate surface area is 113 Å². The van der Waals surface area contributed by atoms with Gasteiger partial charge in [-0.05, 0) is 37.6 Å². The second kappa shape index (κ2) is 7.39. The first-order valence-corrected chi connectivity index (χ1v) is 6.57. The van der Waals surface area contributed by atoms with Crippen LogP contribution in [0, 0.1) is 0 Å². The van der Waals surface area contributed by atoms with Gasteiger partial charge in [-0.15, -0.1) is 0 Å². The first-order chi connectivity index (χ1) is 8.52. The zero-order valence-electron chi connectivity index (χ0n) is 10.9. The molecule has 0 aliphatic carbocycles. The number of benzene rings is 1. The van der Waals surface area contributed by atoms with E-state index < -0.39 is 5.97 Å². The Morgan fingerprint density at radius 1 is 1.39 bits per heavy atom. The first-order valence-electron chi connectivity index (χ1n) is 6.19. The van der Waals surface area contributed by atoms with Gasteiger partial charge >= 0.3 is 5.97 Å². The Kier molecular flexibility index (Phi) is 6.16. The standard InChI is InChI=1S/C14H20ClNO2/c1-3-13(16(2)9-8-14(17)18)10-11-4-6-12(15)7-5-11/h4-7,13H,3,8-10H2,1-2H3,(H,17,18). The van der Waals surface area contributed by atoms with E-state index in [0.29, 0.717) is 12.6 Å². The van der Waals surface area contributed by atoms with E-state index in [0.717, 1.165) is 17.9 Å². The molecule has 18 heavy (non-hydrogen) atoms. The predicted octanol–water partition coefficient (Wildman–Crippen LogP) is 3.07. The van der Waals surface area contributed by atoms with Gasteiger partial charge in [0.2, 0.25) is 0 Å². The molecule has 1 atom stereocenters. The van der Waals surface area contributed by atoms with E-state index in [2.05, 4.69) is 11.8 Å². The van der Waals surface area contributed by atoms with E-state index >= 15 is 0 Å². The van der Waals surface area contributed by atoms with Crippen molar-refractivity contribution in [2.45, 2.75) is 32.2 Å². The van der Waals surface area contributed by atoms with Crippen LogP contribution < -0.4 is 0 Å². The van der Waals surface area contributed by atoms with Crippen molar-refractivity contribution >= 4 is 17.6 Å². The van der Waals surface area contributed by atoms with E-state index in [1.165, 1.54) is 5.56 Å². The lowest BCUT2D eigenvalue weighted by Crippen LogP contribution is -2.34. The van der Waals surface area contributed by atoms with Crippen molar-refractivity contribution in [1.82, 2.24) is 4.90 Å². The molecule has 4 heteroatoms. The van der Waals surface area contributed by atoms with Crippen LogP contribution >= 0.6 is 11.6 Å². The van der Waals surface area contributed by atoms with Gasteiger partial charge in [-0.3, -0.25) is 4.79 Å². The third-order valence-electron chi connectivity index (χ3n) is 3.16. The Morgan fingerprint density at radius 2 is 2.00 bits per heavy atom. The maximum absolute atomic E-state index is 10.6. The van der Waals surface area contributed by atoms with E-state index in [4.69, 9.17) is 16.7 Å². The summed E-state index contributed by atoms with van der Waals surface area (Å²) in [5.41, 5.74) is 1.23. The molecule has 1 aromatic rings. The van der Waals surface area contributed by atoms with Gasteiger partial charge in [0.15, 0.2) is 0 Å². The quantitative estimate of drug-likeness (QED) is 0.827. The number of likely N-dealkylation sites (N-methyl/N-ethyl adjacent to an activating group) is 1. The average molecular weight is 270 g/mol. The van der Waals surface area contributed by atoms with Crippen LogP contribution in [0.5, 0.6) is 0 Å². The number of aliphatic carboxylic acids is 1.